The average molecular weight is 306 g/mol. The normalized spacial score (nSPS) is 20.0. The second-order valence-corrected chi connectivity index (χ2v) is 6.46. The van der Waals surface area contributed by atoms with Crippen molar-refractivity contribution in [3.8, 4) is 0 Å². The first-order chi connectivity index (χ1) is 10.5. The van der Waals surface area contributed by atoms with Crippen molar-refractivity contribution in [3.63, 3.8) is 0 Å². The van der Waals surface area contributed by atoms with E-state index in [4.69, 9.17) is 0 Å². The monoisotopic (exact) mass is 306 g/mol. The average Bonchev–Trinajstić information content (AvgIpc) is 2.50. The Hall–Kier alpha value is -0.940. The summed E-state index contributed by atoms with van der Waals surface area (Å²) >= 11 is 0. The molecule has 0 saturated carbocycles. The molecule has 1 aromatic rings. The van der Waals surface area contributed by atoms with Crippen molar-refractivity contribution < 1.29 is 10.2 Å². The van der Waals surface area contributed by atoms with Gasteiger partial charge in [0.15, 0.2) is 0 Å². The van der Waals surface area contributed by atoms with Crippen LogP contribution in [0.2, 0.25) is 0 Å². The predicted octanol–water partition coefficient (Wildman–Crippen LogP) is 1.73. The molecule has 1 saturated heterocycles. The molecule has 22 heavy (non-hydrogen) atoms. The molecule has 0 aliphatic carbocycles. The molecule has 2 unspecified atom stereocenters. The van der Waals surface area contributed by atoms with Gasteiger partial charge in [-0.15, -0.1) is 0 Å². The van der Waals surface area contributed by atoms with Crippen LogP contribution in [-0.2, 0) is 0 Å². The first-order valence-corrected chi connectivity index (χ1v) is 8.37. The van der Waals surface area contributed by atoms with Gasteiger partial charge in [-0.25, -0.2) is 0 Å². The third-order valence-corrected chi connectivity index (χ3v) is 4.82. The van der Waals surface area contributed by atoms with Gasteiger partial charge < -0.3 is 10.2 Å². The minimum atomic E-state index is -0.424. The maximum atomic E-state index is 10.5. The fourth-order valence-corrected chi connectivity index (χ4v) is 3.36. The maximum Gasteiger partial charge on any atom is 0.0919 e. The van der Waals surface area contributed by atoms with E-state index in [0.29, 0.717) is 6.54 Å². The number of nitrogens with zero attached hydrogens (tertiary/aromatic N) is 2. The summed E-state index contributed by atoms with van der Waals surface area (Å²) in [4.78, 5) is 4.69. The number of β-amino-alcohol motifs (C(OH)–C–C–N with tert-alkyl or cyclic N) is 1. The van der Waals surface area contributed by atoms with Crippen molar-refractivity contribution >= 4 is 0 Å². The second-order valence-electron chi connectivity index (χ2n) is 6.46. The predicted molar refractivity (Wildman–Crippen MR) is 90.1 cm³/mol. The van der Waals surface area contributed by atoms with E-state index in [-0.39, 0.29) is 12.6 Å². The summed E-state index contributed by atoms with van der Waals surface area (Å²) in [5.74, 6) is 0. The van der Waals surface area contributed by atoms with E-state index in [1.54, 1.807) is 0 Å². The number of aliphatic hydroxyl groups is 2. The molecule has 2 atom stereocenters. The molecule has 4 heteroatoms. The quantitative estimate of drug-likeness (QED) is 0.840. The third kappa shape index (κ3) is 4.29. The lowest BCUT2D eigenvalue weighted by Crippen LogP contribution is -2.51. The van der Waals surface area contributed by atoms with Gasteiger partial charge in [0.25, 0.3) is 0 Å². The highest BCUT2D eigenvalue weighted by Crippen LogP contribution is 2.21. The lowest BCUT2D eigenvalue weighted by Gasteiger charge is -2.39. The number of aryl methyl sites for hydroxylation is 2. The Morgan fingerprint density at radius 2 is 1.82 bits per heavy atom. The standard InChI is InChI=1S/C18H30N2O2/c1-4-16(13-21)20-9-7-19(8-10-20)12-18(22)17-6-5-14(2)11-15(17)3/h5-6,11,16,18,21-22H,4,7-10,12-13H2,1-3H3. The van der Waals surface area contributed by atoms with Crippen LogP contribution in [0, 0.1) is 13.8 Å². The Balaban J connectivity index is 1.87. The lowest BCUT2D eigenvalue weighted by atomic mass is 10.0. The molecule has 0 aromatic heterocycles. The van der Waals surface area contributed by atoms with E-state index in [1.807, 2.05) is 6.07 Å². The smallest absolute Gasteiger partial charge is 0.0919 e. The van der Waals surface area contributed by atoms with Crippen LogP contribution < -0.4 is 0 Å². The molecule has 1 aromatic carbocycles. The first kappa shape index (κ1) is 17.4. The van der Waals surface area contributed by atoms with Crippen LogP contribution >= 0.6 is 0 Å². The van der Waals surface area contributed by atoms with E-state index < -0.39 is 6.10 Å². The zero-order valence-electron chi connectivity index (χ0n) is 14.1. The van der Waals surface area contributed by atoms with Gasteiger partial charge in [-0.1, -0.05) is 30.7 Å². The van der Waals surface area contributed by atoms with Crippen LogP contribution in [0.15, 0.2) is 18.2 Å². The summed E-state index contributed by atoms with van der Waals surface area (Å²) in [5.41, 5.74) is 3.43. The Morgan fingerprint density at radius 1 is 1.14 bits per heavy atom. The van der Waals surface area contributed by atoms with E-state index in [0.717, 1.165) is 43.7 Å². The number of hydrogen-bond donors (Lipinski definition) is 2. The van der Waals surface area contributed by atoms with E-state index in [9.17, 15) is 10.2 Å². The van der Waals surface area contributed by atoms with Gasteiger partial charge in [0, 0.05) is 38.8 Å². The van der Waals surface area contributed by atoms with Crippen molar-refractivity contribution in [2.45, 2.75) is 39.3 Å². The highest BCUT2D eigenvalue weighted by molar-refractivity contribution is 5.32. The molecule has 1 aliphatic heterocycles. The van der Waals surface area contributed by atoms with Gasteiger partial charge in [-0.3, -0.25) is 9.80 Å². The molecule has 1 aliphatic rings. The second kappa shape index (κ2) is 8.06. The topological polar surface area (TPSA) is 46.9 Å². The molecule has 2 rings (SSSR count). The van der Waals surface area contributed by atoms with E-state index >= 15 is 0 Å². The molecule has 1 heterocycles. The molecule has 0 spiro atoms. The number of aliphatic hydroxyl groups excluding tert-OH is 2. The van der Waals surface area contributed by atoms with Crippen molar-refractivity contribution in [3.05, 3.63) is 34.9 Å². The molecule has 124 valence electrons. The van der Waals surface area contributed by atoms with Crippen molar-refractivity contribution in [2.75, 3.05) is 39.3 Å². The Kier molecular flexibility index (Phi) is 6.38. The minimum Gasteiger partial charge on any atom is -0.395 e. The molecule has 4 nitrogen and oxygen atoms in total. The van der Waals surface area contributed by atoms with Gasteiger partial charge in [0.1, 0.15) is 0 Å². The summed E-state index contributed by atoms with van der Waals surface area (Å²) in [6, 6.07) is 6.52. The van der Waals surface area contributed by atoms with Crippen LogP contribution in [0.3, 0.4) is 0 Å². The Morgan fingerprint density at radius 3 is 2.36 bits per heavy atom. The van der Waals surface area contributed by atoms with Crippen LogP contribution in [0.25, 0.3) is 0 Å². The third-order valence-electron chi connectivity index (χ3n) is 4.82. The summed E-state index contributed by atoms with van der Waals surface area (Å²) in [5, 5.41) is 19.9. The summed E-state index contributed by atoms with van der Waals surface area (Å²) < 4.78 is 0. The van der Waals surface area contributed by atoms with Crippen LogP contribution in [-0.4, -0.2) is 65.4 Å². The van der Waals surface area contributed by atoms with Gasteiger partial charge in [-0.05, 0) is 31.4 Å². The van der Waals surface area contributed by atoms with Gasteiger partial charge >= 0.3 is 0 Å². The fraction of sp³-hybridized carbons (Fsp3) is 0.667. The largest absolute Gasteiger partial charge is 0.395 e. The van der Waals surface area contributed by atoms with Crippen molar-refractivity contribution in [1.82, 2.24) is 9.80 Å². The van der Waals surface area contributed by atoms with E-state index in [2.05, 4.69) is 42.7 Å². The molecule has 1 fully saturated rings. The molecule has 2 N–H and O–H groups in total. The van der Waals surface area contributed by atoms with Crippen LogP contribution in [0.5, 0.6) is 0 Å². The van der Waals surface area contributed by atoms with Gasteiger partial charge in [0.05, 0.1) is 12.7 Å². The summed E-state index contributed by atoms with van der Waals surface area (Å²) in [6.45, 7) is 11.0. The van der Waals surface area contributed by atoms with Crippen molar-refractivity contribution in [1.29, 1.82) is 0 Å². The number of hydrogen-bond acceptors (Lipinski definition) is 4. The minimum absolute atomic E-state index is 0.238. The zero-order chi connectivity index (χ0) is 16.1. The summed E-state index contributed by atoms with van der Waals surface area (Å²) in [7, 11) is 0. The number of rotatable bonds is 6. The number of benzene rings is 1. The molecule has 0 radical (unpaired) electrons. The van der Waals surface area contributed by atoms with E-state index in [1.165, 1.54) is 5.56 Å². The maximum absolute atomic E-state index is 10.5. The fourth-order valence-electron chi connectivity index (χ4n) is 3.36. The van der Waals surface area contributed by atoms with Crippen LogP contribution in [0.1, 0.15) is 36.1 Å². The highest BCUT2D eigenvalue weighted by Gasteiger charge is 2.24. The highest BCUT2D eigenvalue weighted by atomic mass is 16.3. The first-order valence-electron chi connectivity index (χ1n) is 8.37. The SMILES string of the molecule is CCC(CO)N1CCN(CC(O)c2ccc(C)cc2C)CC1. The van der Waals surface area contributed by atoms with Gasteiger partial charge in [-0.2, -0.15) is 0 Å². The zero-order valence-corrected chi connectivity index (χ0v) is 14.1. The van der Waals surface area contributed by atoms with Crippen molar-refractivity contribution in [2.24, 2.45) is 0 Å². The summed E-state index contributed by atoms with van der Waals surface area (Å²) in [6.07, 6.45) is 0.564. The van der Waals surface area contributed by atoms with Crippen LogP contribution in [0.4, 0.5) is 0 Å². The molecular weight excluding hydrogens is 276 g/mol. The lowest BCUT2D eigenvalue weighted by molar-refractivity contribution is 0.0393. The molecule has 0 amide bonds. The molecule has 0 bridgehead atoms. The van der Waals surface area contributed by atoms with Gasteiger partial charge in [0.2, 0.25) is 0 Å². The Labute approximate surface area is 134 Å². The molecular formula is C18H30N2O2. The Bertz CT molecular complexity index is 466. The number of piperazine rings is 1.